The molecule has 0 spiro atoms. The number of hydrogen-bond acceptors (Lipinski definition) is 1. The van der Waals surface area contributed by atoms with E-state index in [1.165, 1.54) is 57.8 Å². The van der Waals surface area contributed by atoms with Gasteiger partial charge in [-0.2, -0.15) is 0 Å². The van der Waals surface area contributed by atoms with Crippen molar-refractivity contribution < 1.29 is 0 Å². The summed E-state index contributed by atoms with van der Waals surface area (Å²) in [6.45, 7) is 7.01. The van der Waals surface area contributed by atoms with Crippen LogP contribution in [-0.4, -0.2) is 12.1 Å². The predicted molar refractivity (Wildman–Crippen MR) is 72.8 cm³/mol. The lowest BCUT2D eigenvalue weighted by Crippen LogP contribution is -2.36. The van der Waals surface area contributed by atoms with Crippen LogP contribution in [0.25, 0.3) is 0 Å². The SMILES string of the molecule is CCCC(CC[C@H](C)CC)NC1CCCC1. The van der Waals surface area contributed by atoms with Gasteiger partial charge in [-0.1, -0.05) is 46.5 Å². The van der Waals surface area contributed by atoms with Gasteiger partial charge in [0, 0.05) is 12.1 Å². The second-order valence-electron chi connectivity index (χ2n) is 5.72. The van der Waals surface area contributed by atoms with Crippen molar-refractivity contribution in [3.8, 4) is 0 Å². The fourth-order valence-electron chi connectivity index (χ4n) is 2.78. The van der Waals surface area contributed by atoms with Gasteiger partial charge in [0.15, 0.2) is 0 Å². The van der Waals surface area contributed by atoms with Crippen molar-refractivity contribution in [2.45, 2.75) is 90.6 Å². The van der Waals surface area contributed by atoms with Gasteiger partial charge in [-0.05, 0) is 38.0 Å². The molecule has 0 heterocycles. The molecular weight excluding hydrogens is 194 g/mol. The van der Waals surface area contributed by atoms with Gasteiger partial charge >= 0.3 is 0 Å². The van der Waals surface area contributed by atoms with E-state index >= 15 is 0 Å². The van der Waals surface area contributed by atoms with E-state index in [1.54, 1.807) is 0 Å². The maximum absolute atomic E-state index is 3.90. The summed E-state index contributed by atoms with van der Waals surface area (Å²) in [6, 6.07) is 1.63. The third kappa shape index (κ3) is 5.34. The lowest BCUT2D eigenvalue weighted by atomic mass is 9.96. The Hall–Kier alpha value is -0.0400. The quantitative estimate of drug-likeness (QED) is 0.640. The third-order valence-corrected chi connectivity index (χ3v) is 4.17. The first-order valence-corrected chi connectivity index (χ1v) is 7.52. The number of nitrogens with one attached hydrogen (secondary N) is 1. The lowest BCUT2D eigenvalue weighted by Gasteiger charge is -2.23. The van der Waals surface area contributed by atoms with E-state index in [9.17, 15) is 0 Å². The zero-order valence-corrected chi connectivity index (χ0v) is 11.6. The molecule has 96 valence electrons. The fraction of sp³-hybridized carbons (Fsp3) is 1.00. The molecule has 0 aromatic heterocycles. The zero-order valence-electron chi connectivity index (χ0n) is 11.6. The highest BCUT2D eigenvalue weighted by molar-refractivity contribution is 4.78. The molecule has 16 heavy (non-hydrogen) atoms. The highest BCUT2D eigenvalue weighted by Crippen LogP contribution is 2.21. The summed E-state index contributed by atoms with van der Waals surface area (Å²) < 4.78 is 0. The van der Waals surface area contributed by atoms with Gasteiger partial charge in [-0.15, -0.1) is 0 Å². The van der Waals surface area contributed by atoms with E-state index in [0.717, 1.165) is 18.0 Å². The van der Waals surface area contributed by atoms with E-state index < -0.39 is 0 Å². The molecule has 1 nitrogen and oxygen atoms in total. The molecular formula is C15H31N. The first-order valence-electron chi connectivity index (χ1n) is 7.52. The van der Waals surface area contributed by atoms with Crippen molar-refractivity contribution in [1.82, 2.24) is 5.32 Å². The van der Waals surface area contributed by atoms with Crippen molar-refractivity contribution in [2.24, 2.45) is 5.92 Å². The Balaban J connectivity index is 2.22. The summed E-state index contributed by atoms with van der Waals surface area (Å²) in [7, 11) is 0. The van der Waals surface area contributed by atoms with Gasteiger partial charge in [-0.3, -0.25) is 0 Å². The van der Waals surface area contributed by atoms with Crippen LogP contribution in [0, 0.1) is 5.92 Å². The molecule has 0 amide bonds. The molecule has 1 unspecified atom stereocenters. The van der Waals surface area contributed by atoms with Crippen LogP contribution in [0.15, 0.2) is 0 Å². The van der Waals surface area contributed by atoms with E-state index in [4.69, 9.17) is 0 Å². The van der Waals surface area contributed by atoms with Gasteiger partial charge < -0.3 is 5.32 Å². The Morgan fingerprint density at radius 3 is 2.31 bits per heavy atom. The van der Waals surface area contributed by atoms with Crippen molar-refractivity contribution in [2.75, 3.05) is 0 Å². The second kappa shape index (κ2) is 8.11. The molecule has 1 aliphatic carbocycles. The maximum atomic E-state index is 3.90. The third-order valence-electron chi connectivity index (χ3n) is 4.17. The Labute approximate surface area is 102 Å². The van der Waals surface area contributed by atoms with E-state index in [0.29, 0.717) is 0 Å². The molecule has 1 heteroatoms. The molecule has 2 atom stereocenters. The minimum absolute atomic E-state index is 0.794. The largest absolute Gasteiger partial charge is 0.311 e. The van der Waals surface area contributed by atoms with Crippen LogP contribution in [-0.2, 0) is 0 Å². The molecule has 0 aromatic rings. The highest BCUT2D eigenvalue weighted by Gasteiger charge is 2.18. The summed E-state index contributed by atoms with van der Waals surface area (Å²) >= 11 is 0. The Morgan fingerprint density at radius 2 is 1.75 bits per heavy atom. The average molecular weight is 225 g/mol. The highest BCUT2D eigenvalue weighted by atomic mass is 15.0. The van der Waals surface area contributed by atoms with Gasteiger partial charge in [-0.25, -0.2) is 0 Å². The van der Waals surface area contributed by atoms with Gasteiger partial charge in [0.1, 0.15) is 0 Å². The van der Waals surface area contributed by atoms with Crippen molar-refractivity contribution in [3.05, 3.63) is 0 Å². The monoisotopic (exact) mass is 225 g/mol. The zero-order chi connectivity index (χ0) is 11.8. The number of hydrogen-bond donors (Lipinski definition) is 1. The van der Waals surface area contributed by atoms with Crippen molar-refractivity contribution >= 4 is 0 Å². The van der Waals surface area contributed by atoms with E-state index in [1.807, 2.05) is 0 Å². The molecule has 0 bridgehead atoms. The van der Waals surface area contributed by atoms with Gasteiger partial charge in [0.2, 0.25) is 0 Å². The van der Waals surface area contributed by atoms with Crippen molar-refractivity contribution in [1.29, 1.82) is 0 Å². The molecule has 0 radical (unpaired) electrons. The second-order valence-corrected chi connectivity index (χ2v) is 5.72. The van der Waals surface area contributed by atoms with Crippen LogP contribution in [0.2, 0.25) is 0 Å². The van der Waals surface area contributed by atoms with E-state index in [2.05, 4.69) is 26.1 Å². The smallest absolute Gasteiger partial charge is 0.00696 e. The van der Waals surface area contributed by atoms with Crippen LogP contribution >= 0.6 is 0 Å². The molecule has 1 fully saturated rings. The molecule has 0 aliphatic heterocycles. The topological polar surface area (TPSA) is 12.0 Å². The first kappa shape index (κ1) is 14.0. The van der Waals surface area contributed by atoms with Crippen LogP contribution in [0.1, 0.15) is 78.6 Å². The van der Waals surface area contributed by atoms with Crippen molar-refractivity contribution in [3.63, 3.8) is 0 Å². The summed E-state index contributed by atoms with van der Waals surface area (Å²) in [5, 5.41) is 3.90. The average Bonchev–Trinajstić information content (AvgIpc) is 2.78. The molecule has 1 aliphatic rings. The summed E-state index contributed by atoms with van der Waals surface area (Å²) in [5.41, 5.74) is 0. The summed E-state index contributed by atoms with van der Waals surface area (Å²) in [6.07, 6.45) is 12.6. The fourth-order valence-corrected chi connectivity index (χ4v) is 2.78. The van der Waals surface area contributed by atoms with Crippen LogP contribution in [0.4, 0.5) is 0 Å². The molecule has 1 rings (SSSR count). The molecule has 1 N–H and O–H groups in total. The Kier molecular flexibility index (Phi) is 7.11. The maximum Gasteiger partial charge on any atom is 0.00696 e. The minimum atomic E-state index is 0.794. The number of rotatable bonds is 8. The van der Waals surface area contributed by atoms with Crippen LogP contribution in [0.5, 0.6) is 0 Å². The molecule has 0 aromatic carbocycles. The minimum Gasteiger partial charge on any atom is -0.311 e. The van der Waals surface area contributed by atoms with Crippen LogP contribution < -0.4 is 5.32 Å². The summed E-state index contributed by atoms with van der Waals surface area (Å²) in [4.78, 5) is 0. The Morgan fingerprint density at radius 1 is 1.06 bits per heavy atom. The normalized spacial score (nSPS) is 21.2. The standard InChI is InChI=1S/C15H31N/c1-4-8-14(12-11-13(3)5-2)16-15-9-6-7-10-15/h13-16H,4-12H2,1-3H3/t13-,14?/m1/s1. The van der Waals surface area contributed by atoms with Gasteiger partial charge in [0.25, 0.3) is 0 Å². The summed E-state index contributed by atoms with van der Waals surface area (Å²) in [5.74, 6) is 0.907. The Bertz CT molecular complexity index is 161. The van der Waals surface area contributed by atoms with Crippen LogP contribution in [0.3, 0.4) is 0 Å². The van der Waals surface area contributed by atoms with Gasteiger partial charge in [0.05, 0.1) is 0 Å². The molecule has 0 saturated heterocycles. The lowest BCUT2D eigenvalue weighted by molar-refractivity contribution is 0.355. The predicted octanol–water partition coefficient (Wildman–Crippen LogP) is 4.51. The first-order chi connectivity index (χ1) is 7.76. The van der Waals surface area contributed by atoms with E-state index in [-0.39, 0.29) is 0 Å². The molecule has 1 saturated carbocycles.